The molecule has 1 aromatic carbocycles. The number of Topliss-reactive ketones (excluding diaryl/α,β-unsaturated/α-hetero) is 2. The number of benzene rings is 1. The second-order valence-corrected chi connectivity index (χ2v) is 5.12. The van der Waals surface area contributed by atoms with E-state index in [4.69, 9.17) is 4.42 Å². The van der Waals surface area contributed by atoms with Gasteiger partial charge in [-0.15, -0.1) is 0 Å². The molecule has 0 saturated carbocycles. The van der Waals surface area contributed by atoms with Gasteiger partial charge < -0.3 is 9.52 Å². The van der Waals surface area contributed by atoms with E-state index in [9.17, 15) is 14.7 Å². The van der Waals surface area contributed by atoms with Gasteiger partial charge in [-0.1, -0.05) is 24.3 Å². The number of aliphatic hydroxyl groups is 1. The molecule has 0 aliphatic heterocycles. The van der Waals surface area contributed by atoms with Crippen molar-refractivity contribution in [3.63, 3.8) is 0 Å². The summed E-state index contributed by atoms with van der Waals surface area (Å²) < 4.78 is 5.59. The van der Waals surface area contributed by atoms with Gasteiger partial charge in [0, 0.05) is 11.1 Å². The number of carbonyl (C=O) groups excluding carboxylic acids is 2. The Bertz CT molecular complexity index is 701. The maximum atomic E-state index is 12.0. The summed E-state index contributed by atoms with van der Waals surface area (Å²) in [5.74, 6) is -0.494. The summed E-state index contributed by atoms with van der Waals surface area (Å²) in [5, 5.41) is 9.95. The standard InChI is InChI=1S/C15H12O4/c1-15(2,18)11-7-10-13(17)12(16)8-5-3-4-6-9(8)14(10)19-11/h3-7,18H,1-2H3. The van der Waals surface area contributed by atoms with Crippen LogP contribution in [0.25, 0.3) is 11.3 Å². The van der Waals surface area contributed by atoms with Gasteiger partial charge in [-0.05, 0) is 19.9 Å². The fourth-order valence-corrected chi connectivity index (χ4v) is 2.19. The van der Waals surface area contributed by atoms with Crippen molar-refractivity contribution in [1.29, 1.82) is 0 Å². The molecule has 4 nitrogen and oxygen atoms in total. The highest BCUT2D eigenvalue weighted by Crippen LogP contribution is 2.38. The first kappa shape index (κ1) is 11.9. The molecule has 0 fully saturated rings. The molecule has 4 heteroatoms. The van der Waals surface area contributed by atoms with Crippen molar-refractivity contribution >= 4 is 11.6 Å². The van der Waals surface area contributed by atoms with Gasteiger partial charge in [0.2, 0.25) is 11.6 Å². The molecule has 0 bridgehead atoms. The summed E-state index contributed by atoms with van der Waals surface area (Å²) in [6.45, 7) is 3.13. The van der Waals surface area contributed by atoms with E-state index in [1.165, 1.54) is 6.07 Å². The van der Waals surface area contributed by atoms with Crippen molar-refractivity contribution in [2.24, 2.45) is 0 Å². The molecule has 1 aliphatic rings. The second kappa shape index (κ2) is 3.65. The molecule has 2 aromatic rings. The summed E-state index contributed by atoms with van der Waals surface area (Å²) >= 11 is 0. The average Bonchev–Trinajstić information content (AvgIpc) is 2.81. The molecular formula is C15H12O4. The van der Waals surface area contributed by atoms with Crippen LogP contribution in [0.1, 0.15) is 40.3 Å². The van der Waals surface area contributed by atoms with E-state index in [1.54, 1.807) is 38.1 Å². The van der Waals surface area contributed by atoms with E-state index in [1.807, 2.05) is 0 Å². The van der Waals surface area contributed by atoms with Crippen molar-refractivity contribution in [2.45, 2.75) is 19.4 Å². The predicted octanol–water partition coefficient (Wildman–Crippen LogP) is 2.55. The Balaban J connectivity index is 2.30. The Labute approximate surface area is 109 Å². The van der Waals surface area contributed by atoms with Gasteiger partial charge in [0.25, 0.3) is 0 Å². The Morgan fingerprint density at radius 3 is 2.21 bits per heavy atom. The molecule has 1 aromatic heterocycles. The minimum Gasteiger partial charge on any atom is -0.457 e. The highest BCUT2D eigenvalue weighted by molar-refractivity contribution is 6.52. The Kier molecular flexibility index (Phi) is 2.28. The molecule has 1 N–H and O–H groups in total. The number of fused-ring (bicyclic) bond motifs is 3. The lowest BCUT2D eigenvalue weighted by Crippen LogP contribution is -2.19. The largest absolute Gasteiger partial charge is 0.457 e. The van der Waals surface area contributed by atoms with E-state index < -0.39 is 17.2 Å². The smallest absolute Gasteiger partial charge is 0.237 e. The molecule has 0 radical (unpaired) electrons. The van der Waals surface area contributed by atoms with Crippen molar-refractivity contribution < 1.29 is 19.1 Å². The number of rotatable bonds is 1. The van der Waals surface area contributed by atoms with Crippen LogP contribution in [0.3, 0.4) is 0 Å². The lowest BCUT2D eigenvalue weighted by Gasteiger charge is -2.13. The van der Waals surface area contributed by atoms with Crippen LogP contribution in [-0.2, 0) is 5.60 Å². The monoisotopic (exact) mass is 256 g/mol. The zero-order valence-corrected chi connectivity index (χ0v) is 10.6. The third-order valence-electron chi connectivity index (χ3n) is 3.20. The summed E-state index contributed by atoms with van der Waals surface area (Å²) in [5.41, 5.74) is -0.0367. The number of ketones is 2. The summed E-state index contributed by atoms with van der Waals surface area (Å²) in [7, 11) is 0. The van der Waals surface area contributed by atoms with E-state index in [-0.39, 0.29) is 11.3 Å². The predicted molar refractivity (Wildman–Crippen MR) is 68.0 cm³/mol. The average molecular weight is 256 g/mol. The van der Waals surface area contributed by atoms with Crippen LogP contribution < -0.4 is 0 Å². The van der Waals surface area contributed by atoms with Crippen LogP contribution in [0.4, 0.5) is 0 Å². The zero-order valence-electron chi connectivity index (χ0n) is 10.6. The fourth-order valence-electron chi connectivity index (χ4n) is 2.19. The van der Waals surface area contributed by atoms with Gasteiger partial charge >= 0.3 is 0 Å². The summed E-state index contributed by atoms with van der Waals surface area (Å²) in [6, 6.07) is 8.26. The highest BCUT2D eigenvalue weighted by atomic mass is 16.4. The van der Waals surface area contributed by atoms with Crippen LogP contribution >= 0.6 is 0 Å². The van der Waals surface area contributed by atoms with E-state index in [0.29, 0.717) is 16.9 Å². The zero-order chi connectivity index (χ0) is 13.8. The van der Waals surface area contributed by atoms with Gasteiger partial charge in [-0.2, -0.15) is 0 Å². The van der Waals surface area contributed by atoms with Gasteiger partial charge in [-0.3, -0.25) is 9.59 Å². The van der Waals surface area contributed by atoms with Crippen molar-refractivity contribution in [3.8, 4) is 11.3 Å². The first-order valence-electron chi connectivity index (χ1n) is 5.94. The molecular weight excluding hydrogens is 244 g/mol. The number of hydrogen-bond donors (Lipinski definition) is 1. The molecule has 0 saturated heterocycles. The molecule has 1 heterocycles. The molecule has 0 atom stereocenters. The van der Waals surface area contributed by atoms with E-state index in [2.05, 4.69) is 0 Å². The lowest BCUT2D eigenvalue weighted by molar-refractivity contribution is 0.0548. The van der Waals surface area contributed by atoms with Gasteiger partial charge in [0.15, 0.2) is 0 Å². The molecule has 0 unspecified atom stereocenters. The number of hydrogen-bond acceptors (Lipinski definition) is 4. The van der Waals surface area contributed by atoms with Crippen LogP contribution in [0, 0.1) is 0 Å². The van der Waals surface area contributed by atoms with Gasteiger partial charge in [0.1, 0.15) is 17.1 Å². The minimum absolute atomic E-state index is 0.223. The van der Waals surface area contributed by atoms with Crippen molar-refractivity contribution in [2.75, 3.05) is 0 Å². The van der Waals surface area contributed by atoms with Crippen LogP contribution in [0.5, 0.6) is 0 Å². The summed E-state index contributed by atoms with van der Waals surface area (Å²) in [6.07, 6.45) is 0. The van der Waals surface area contributed by atoms with Gasteiger partial charge in [0.05, 0.1) is 5.56 Å². The highest BCUT2D eigenvalue weighted by Gasteiger charge is 2.35. The maximum absolute atomic E-state index is 12.0. The third-order valence-corrected chi connectivity index (χ3v) is 3.20. The Morgan fingerprint density at radius 1 is 1.00 bits per heavy atom. The third kappa shape index (κ3) is 1.64. The fraction of sp³-hybridized carbons (Fsp3) is 0.200. The second-order valence-electron chi connectivity index (χ2n) is 5.12. The first-order chi connectivity index (χ1) is 8.89. The molecule has 19 heavy (non-hydrogen) atoms. The molecule has 3 rings (SSSR count). The number of furan rings is 1. The number of carbonyl (C=O) groups is 2. The molecule has 96 valence electrons. The van der Waals surface area contributed by atoms with Gasteiger partial charge in [-0.25, -0.2) is 0 Å². The van der Waals surface area contributed by atoms with Crippen LogP contribution in [-0.4, -0.2) is 16.7 Å². The van der Waals surface area contributed by atoms with E-state index >= 15 is 0 Å². The minimum atomic E-state index is -1.20. The normalized spacial score (nSPS) is 14.3. The topological polar surface area (TPSA) is 67.5 Å². The Morgan fingerprint density at radius 2 is 1.58 bits per heavy atom. The van der Waals surface area contributed by atoms with Crippen molar-refractivity contribution in [1.82, 2.24) is 0 Å². The van der Waals surface area contributed by atoms with Crippen molar-refractivity contribution in [3.05, 3.63) is 47.2 Å². The SMILES string of the molecule is CC(C)(O)c1cc2c(o1)-c1ccccc1C(=O)C2=O. The van der Waals surface area contributed by atoms with E-state index in [0.717, 1.165) is 0 Å². The summed E-state index contributed by atoms with van der Waals surface area (Å²) in [4.78, 5) is 24.0. The molecule has 0 amide bonds. The first-order valence-corrected chi connectivity index (χ1v) is 5.94. The lowest BCUT2D eigenvalue weighted by atomic mass is 9.88. The Hall–Kier alpha value is -2.20. The molecule has 0 spiro atoms. The maximum Gasteiger partial charge on any atom is 0.237 e. The molecule has 1 aliphatic carbocycles. The van der Waals surface area contributed by atoms with Crippen LogP contribution in [0.2, 0.25) is 0 Å². The quantitative estimate of drug-likeness (QED) is 0.796. The van der Waals surface area contributed by atoms with Crippen LogP contribution in [0.15, 0.2) is 34.7 Å².